The Bertz CT molecular complexity index is 557. The first kappa shape index (κ1) is 11.8. The van der Waals surface area contributed by atoms with E-state index in [9.17, 15) is 4.79 Å². The zero-order chi connectivity index (χ0) is 12.3. The van der Waals surface area contributed by atoms with Crippen LogP contribution in [-0.4, -0.2) is 16.1 Å². The lowest BCUT2D eigenvalue weighted by atomic mass is 10.3. The number of aromatic carboxylic acids is 1. The van der Waals surface area contributed by atoms with Crippen molar-refractivity contribution in [1.29, 1.82) is 0 Å². The molecule has 5 heteroatoms. The first-order valence-electron chi connectivity index (χ1n) is 4.77. The van der Waals surface area contributed by atoms with Gasteiger partial charge in [0.1, 0.15) is 11.5 Å². The third kappa shape index (κ3) is 2.94. The Morgan fingerprint density at radius 2 is 2.06 bits per heavy atom. The van der Waals surface area contributed by atoms with Gasteiger partial charge < -0.3 is 9.84 Å². The van der Waals surface area contributed by atoms with Gasteiger partial charge in [-0.05, 0) is 40.8 Å². The molecule has 0 fully saturated rings. The number of carbonyl (C=O) groups is 1. The van der Waals surface area contributed by atoms with E-state index in [2.05, 4.69) is 27.6 Å². The molecule has 4 nitrogen and oxygen atoms in total. The summed E-state index contributed by atoms with van der Waals surface area (Å²) >= 11 is 2.15. The van der Waals surface area contributed by atoms with Gasteiger partial charge in [0, 0.05) is 6.20 Å². The molecular weight excluding hydrogens is 333 g/mol. The van der Waals surface area contributed by atoms with Gasteiger partial charge in [-0.3, -0.25) is 4.98 Å². The minimum Gasteiger partial charge on any atom is -0.478 e. The van der Waals surface area contributed by atoms with Crippen molar-refractivity contribution < 1.29 is 14.6 Å². The fraction of sp³-hybridized carbons (Fsp3) is 0. The highest BCUT2D eigenvalue weighted by atomic mass is 127. The Morgan fingerprint density at radius 3 is 2.76 bits per heavy atom. The molecule has 17 heavy (non-hydrogen) atoms. The van der Waals surface area contributed by atoms with Crippen LogP contribution in [0.1, 0.15) is 10.4 Å². The Hall–Kier alpha value is -1.63. The van der Waals surface area contributed by atoms with E-state index >= 15 is 0 Å². The minimum atomic E-state index is -1.02. The maximum atomic E-state index is 10.8. The van der Waals surface area contributed by atoms with Crippen LogP contribution >= 0.6 is 22.6 Å². The van der Waals surface area contributed by atoms with Crippen molar-refractivity contribution >= 4 is 28.6 Å². The summed E-state index contributed by atoms with van der Waals surface area (Å²) in [6.07, 6.45) is 2.76. The molecule has 0 unspecified atom stereocenters. The van der Waals surface area contributed by atoms with E-state index in [4.69, 9.17) is 9.84 Å². The van der Waals surface area contributed by atoms with E-state index in [0.29, 0.717) is 11.5 Å². The number of nitrogens with zero attached hydrogens (tertiary/aromatic N) is 1. The van der Waals surface area contributed by atoms with E-state index in [1.807, 2.05) is 24.3 Å². The number of hydrogen-bond acceptors (Lipinski definition) is 3. The number of benzene rings is 1. The Balaban J connectivity index is 2.28. The number of halogens is 1. The van der Waals surface area contributed by atoms with Gasteiger partial charge in [0.15, 0.2) is 0 Å². The average molecular weight is 341 g/mol. The first-order chi connectivity index (χ1) is 8.16. The molecule has 0 aliphatic rings. The summed E-state index contributed by atoms with van der Waals surface area (Å²) in [4.78, 5) is 14.6. The van der Waals surface area contributed by atoms with Gasteiger partial charge in [-0.25, -0.2) is 4.79 Å². The van der Waals surface area contributed by atoms with Gasteiger partial charge in [0.05, 0.1) is 15.3 Å². The summed E-state index contributed by atoms with van der Waals surface area (Å²) in [6, 6.07) is 8.92. The van der Waals surface area contributed by atoms with E-state index in [0.717, 1.165) is 3.57 Å². The predicted molar refractivity (Wildman–Crippen MR) is 70.4 cm³/mol. The largest absolute Gasteiger partial charge is 0.478 e. The van der Waals surface area contributed by atoms with Gasteiger partial charge in [-0.1, -0.05) is 12.1 Å². The van der Waals surface area contributed by atoms with Crippen molar-refractivity contribution in [3.63, 3.8) is 0 Å². The number of ether oxygens (including phenoxy) is 1. The number of para-hydroxylation sites is 1. The van der Waals surface area contributed by atoms with Crippen molar-refractivity contribution in [3.05, 3.63) is 51.9 Å². The van der Waals surface area contributed by atoms with E-state index in [-0.39, 0.29) is 5.56 Å². The van der Waals surface area contributed by atoms with Crippen LogP contribution in [0, 0.1) is 3.57 Å². The SMILES string of the molecule is O=C(O)c1cncc(Oc2ccccc2I)c1. The molecule has 0 amide bonds. The molecule has 1 N–H and O–H groups in total. The standard InChI is InChI=1S/C12H8INO3/c13-10-3-1-2-4-11(10)17-9-5-8(12(15)16)6-14-7-9/h1-7H,(H,15,16). The highest BCUT2D eigenvalue weighted by Crippen LogP contribution is 2.26. The van der Waals surface area contributed by atoms with Crippen LogP contribution in [0.5, 0.6) is 11.5 Å². The number of rotatable bonds is 3. The third-order valence-electron chi connectivity index (χ3n) is 2.02. The summed E-state index contributed by atoms with van der Waals surface area (Å²) in [5.74, 6) is 0.0668. The maximum absolute atomic E-state index is 10.8. The smallest absolute Gasteiger partial charge is 0.337 e. The van der Waals surface area contributed by atoms with E-state index in [1.165, 1.54) is 18.5 Å². The molecule has 0 atom stereocenters. The van der Waals surface area contributed by atoms with Crippen molar-refractivity contribution in [1.82, 2.24) is 4.98 Å². The van der Waals surface area contributed by atoms with E-state index in [1.54, 1.807) is 0 Å². The quantitative estimate of drug-likeness (QED) is 0.872. The van der Waals surface area contributed by atoms with Crippen LogP contribution in [-0.2, 0) is 0 Å². The normalized spacial score (nSPS) is 9.94. The van der Waals surface area contributed by atoms with Crippen LogP contribution in [0.4, 0.5) is 0 Å². The van der Waals surface area contributed by atoms with Crippen molar-refractivity contribution in [2.75, 3.05) is 0 Å². The minimum absolute atomic E-state index is 0.105. The summed E-state index contributed by atoms with van der Waals surface area (Å²) in [5.41, 5.74) is 0.105. The lowest BCUT2D eigenvalue weighted by Gasteiger charge is -2.07. The number of pyridine rings is 1. The van der Waals surface area contributed by atoms with Gasteiger partial charge >= 0.3 is 5.97 Å². The van der Waals surface area contributed by atoms with Crippen LogP contribution in [0.25, 0.3) is 0 Å². The highest BCUT2D eigenvalue weighted by Gasteiger charge is 2.06. The highest BCUT2D eigenvalue weighted by molar-refractivity contribution is 14.1. The fourth-order valence-electron chi connectivity index (χ4n) is 1.25. The molecular formula is C12H8INO3. The zero-order valence-corrected chi connectivity index (χ0v) is 10.8. The number of hydrogen-bond donors (Lipinski definition) is 1. The molecule has 2 rings (SSSR count). The second kappa shape index (κ2) is 5.13. The van der Waals surface area contributed by atoms with Crippen molar-refractivity contribution in [2.45, 2.75) is 0 Å². The van der Waals surface area contributed by atoms with Crippen LogP contribution in [0.3, 0.4) is 0 Å². The van der Waals surface area contributed by atoms with Gasteiger partial charge in [0.2, 0.25) is 0 Å². The van der Waals surface area contributed by atoms with Crippen molar-refractivity contribution in [2.24, 2.45) is 0 Å². The predicted octanol–water partition coefficient (Wildman–Crippen LogP) is 3.18. The Kier molecular flexibility index (Phi) is 3.58. The molecule has 0 aliphatic heterocycles. The molecule has 1 aromatic heterocycles. The first-order valence-corrected chi connectivity index (χ1v) is 5.85. The average Bonchev–Trinajstić information content (AvgIpc) is 2.32. The second-order valence-corrected chi connectivity index (χ2v) is 4.41. The lowest BCUT2D eigenvalue weighted by Crippen LogP contribution is -1.97. The zero-order valence-electron chi connectivity index (χ0n) is 8.63. The number of carboxylic acid groups (broad SMARTS) is 1. The molecule has 0 saturated carbocycles. The number of carboxylic acids is 1. The summed E-state index contributed by atoms with van der Waals surface area (Å²) in [7, 11) is 0. The van der Waals surface area contributed by atoms with Gasteiger partial charge in [-0.2, -0.15) is 0 Å². The summed E-state index contributed by atoms with van der Waals surface area (Å²) < 4.78 is 6.52. The lowest BCUT2D eigenvalue weighted by molar-refractivity contribution is 0.0696. The van der Waals surface area contributed by atoms with Gasteiger partial charge in [0.25, 0.3) is 0 Å². The number of aromatic nitrogens is 1. The molecule has 2 aromatic rings. The van der Waals surface area contributed by atoms with Crippen LogP contribution in [0.2, 0.25) is 0 Å². The summed E-state index contributed by atoms with van der Waals surface area (Å²) in [6.45, 7) is 0. The summed E-state index contributed by atoms with van der Waals surface area (Å²) in [5, 5.41) is 8.83. The third-order valence-corrected chi connectivity index (χ3v) is 2.92. The van der Waals surface area contributed by atoms with Crippen LogP contribution in [0.15, 0.2) is 42.7 Å². The van der Waals surface area contributed by atoms with Gasteiger partial charge in [-0.15, -0.1) is 0 Å². The molecule has 0 radical (unpaired) electrons. The molecule has 86 valence electrons. The molecule has 0 saturated heterocycles. The Morgan fingerprint density at radius 1 is 1.29 bits per heavy atom. The topological polar surface area (TPSA) is 59.4 Å². The van der Waals surface area contributed by atoms with Crippen LogP contribution < -0.4 is 4.74 Å². The molecule has 0 aliphatic carbocycles. The molecule has 0 bridgehead atoms. The molecule has 1 heterocycles. The monoisotopic (exact) mass is 341 g/mol. The molecule has 0 spiro atoms. The van der Waals surface area contributed by atoms with E-state index < -0.39 is 5.97 Å². The Labute approximate surface area is 111 Å². The maximum Gasteiger partial charge on any atom is 0.337 e. The molecule has 1 aromatic carbocycles. The second-order valence-electron chi connectivity index (χ2n) is 3.25. The van der Waals surface area contributed by atoms with Crippen molar-refractivity contribution in [3.8, 4) is 11.5 Å². The fourth-order valence-corrected chi connectivity index (χ4v) is 1.74.